The number of halogens is 4. The number of benzene rings is 1. The van der Waals surface area contributed by atoms with Crippen LogP contribution in [0, 0.1) is 11.7 Å². The average Bonchev–Trinajstić information content (AvgIpc) is 2.29. The van der Waals surface area contributed by atoms with Gasteiger partial charge in [0.05, 0.1) is 10.6 Å². The quantitative estimate of drug-likeness (QED) is 0.667. The highest BCUT2D eigenvalue weighted by Crippen LogP contribution is 2.25. The normalized spacial score (nSPS) is 13.1. The molecule has 0 aliphatic carbocycles. The van der Waals surface area contributed by atoms with E-state index in [4.69, 9.17) is 5.73 Å². The van der Waals surface area contributed by atoms with Crippen LogP contribution in [0.25, 0.3) is 0 Å². The summed E-state index contributed by atoms with van der Waals surface area (Å²) in [6.07, 6.45) is -4.69. The second-order valence-electron chi connectivity index (χ2n) is 4.99. The number of alkyl halides is 3. The number of anilines is 1. The summed E-state index contributed by atoms with van der Waals surface area (Å²) in [7, 11) is -4.45. The summed E-state index contributed by atoms with van der Waals surface area (Å²) < 4.78 is 75.7. The number of hydrogen-bond donors (Lipinski definition) is 1. The van der Waals surface area contributed by atoms with Gasteiger partial charge in [-0.2, -0.15) is 17.5 Å². The van der Waals surface area contributed by atoms with Crippen molar-refractivity contribution in [2.45, 2.75) is 24.9 Å². The van der Waals surface area contributed by atoms with E-state index in [0.29, 0.717) is 10.4 Å². The molecule has 4 nitrogen and oxygen atoms in total. The Balaban J connectivity index is 3.22. The maximum Gasteiger partial charge on any atom is 0.402 e. The van der Waals surface area contributed by atoms with Crippen LogP contribution in [-0.2, 0) is 10.0 Å². The lowest BCUT2D eigenvalue weighted by Crippen LogP contribution is -2.41. The van der Waals surface area contributed by atoms with Gasteiger partial charge in [-0.3, -0.25) is 0 Å². The van der Waals surface area contributed by atoms with Gasteiger partial charge in [0.1, 0.15) is 12.4 Å². The van der Waals surface area contributed by atoms with Crippen molar-refractivity contribution in [3.63, 3.8) is 0 Å². The molecule has 0 saturated heterocycles. The van der Waals surface area contributed by atoms with Crippen LogP contribution in [0.1, 0.15) is 13.8 Å². The summed E-state index contributed by atoms with van der Waals surface area (Å²) >= 11 is 0. The molecule has 0 atom stereocenters. The molecule has 0 bridgehead atoms. The maximum absolute atomic E-state index is 13.3. The lowest BCUT2D eigenvalue weighted by molar-refractivity contribution is -0.136. The molecular formula is C12H16F4N2O2S. The fourth-order valence-corrected chi connectivity index (χ4v) is 3.27. The van der Waals surface area contributed by atoms with Gasteiger partial charge in [-0.1, -0.05) is 13.8 Å². The van der Waals surface area contributed by atoms with E-state index in [1.807, 2.05) is 0 Å². The topological polar surface area (TPSA) is 63.4 Å². The molecule has 0 aliphatic heterocycles. The number of rotatable bonds is 5. The van der Waals surface area contributed by atoms with Crippen molar-refractivity contribution < 1.29 is 26.0 Å². The van der Waals surface area contributed by atoms with E-state index in [1.54, 1.807) is 13.8 Å². The number of sulfonamides is 1. The zero-order valence-corrected chi connectivity index (χ0v) is 12.3. The van der Waals surface area contributed by atoms with Crippen molar-refractivity contribution in [3.8, 4) is 0 Å². The van der Waals surface area contributed by atoms with Gasteiger partial charge in [0.2, 0.25) is 10.0 Å². The molecule has 9 heteroatoms. The van der Waals surface area contributed by atoms with E-state index >= 15 is 0 Å². The van der Waals surface area contributed by atoms with Crippen molar-refractivity contribution in [1.82, 2.24) is 4.31 Å². The van der Waals surface area contributed by atoms with E-state index in [2.05, 4.69) is 0 Å². The summed E-state index contributed by atoms with van der Waals surface area (Å²) in [6, 6.07) is 2.61. The van der Waals surface area contributed by atoms with E-state index in [-0.39, 0.29) is 18.2 Å². The fraction of sp³-hybridized carbons (Fsp3) is 0.500. The van der Waals surface area contributed by atoms with Gasteiger partial charge in [0, 0.05) is 6.54 Å². The van der Waals surface area contributed by atoms with E-state index in [0.717, 1.165) is 12.1 Å². The molecule has 0 amide bonds. The van der Waals surface area contributed by atoms with Gasteiger partial charge >= 0.3 is 6.18 Å². The molecule has 0 radical (unpaired) electrons. The largest absolute Gasteiger partial charge is 0.402 e. The van der Waals surface area contributed by atoms with Crippen LogP contribution in [-0.4, -0.2) is 32.0 Å². The minimum atomic E-state index is -4.69. The molecular weight excluding hydrogens is 312 g/mol. The fourth-order valence-electron chi connectivity index (χ4n) is 1.67. The van der Waals surface area contributed by atoms with E-state index < -0.39 is 33.5 Å². The minimum Gasteiger partial charge on any atom is -0.396 e. The molecule has 0 fully saturated rings. The van der Waals surface area contributed by atoms with Crippen LogP contribution in [0.2, 0.25) is 0 Å². The summed E-state index contributed by atoms with van der Waals surface area (Å²) in [5, 5.41) is 0. The predicted octanol–water partition coefficient (Wildman–Crippen LogP) is 2.62. The molecule has 0 aromatic heterocycles. The lowest BCUT2D eigenvalue weighted by Gasteiger charge is -2.25. The molecule has 21 heavy (non-hydrogen) atoms. The van der Waals surface area contributed by atoms with Crippen LogP contribution >= 0.6 is 0 Å². The summed E-state index contributed by atoms with van der Waals surface area (Å²) in [5.41, 5.74) is 4.95. The third-order valence-corrected chi connectivity index (χ3v) is 4.34. The first kappa shape index (κ1) is 17.7. The second kappa shape index (κ2) is 6.18. The average molecular weight is 328 g/mol. The third kappa shape index (κ3) is 4.85. The number of nitrogens with two attached hydrogens (primary N) is 1. The standard InChI is InChI=1S/C12H16F4N2O2S/c1-8(2)6-18(7-12(14,15)16)21(19,20)9-3-4-11(17)10(13)5-9/h3-5,8H,6-7,17H2,1-2H3. The highest BCUT2D eigenvalue weighted by Gasteiger charge is 2.37. The van der Waals surface area contributed by atoms with Crippen molar-refractivity contribution in [3.05, 3.63) is 24.0 Å². The number of nitrogens with zero attached hydrogens (tertiary/aromatic N) is 1. The first-order chi connectivity index (χ1) is 9.43. The molecule has 0 unspecified atom stereocenters. The second-order valence-corrected chi connectivity index (χ2v) is 6.93. The highest BCUT2D eigenvalue weighted by atomic mass is 32.2. The summed E-state index contributed by atoms with van der Waals surface area (Å²) in [4.78, 5) is -0.556. The number of hydrogen-bond acceptors (Lipinski definition) is 3. The van der Waals surface area contributed by atoms with Crippen molar-refractivity contribution in [1.29, 1.82) is 0 Å². The summed E-state index contributed by atoms with van der Waals surface area (Å²) in [5.74, 6) is -1.31. The van der Waals surface area contributed by atoms with Crippen LogP contribution in [0.3, 0.4) is 0 Å². The van der Waals surface area contributed by atoms with Crippen molar-refractivity contribution in [2.24, 2.45) is 5.92 Å². The van der Waals surface area contributed by atoms with E-state index in [9.17, 15) is 26.0 Å². The molecule has 1 aromatic rings. The minimum absolute atomic E-state index is 0.278. The molecule has 0 aliphatic rings. The van der Waals surface area contributed by atoms with Gasteiger partial charge in [-0.15, -0.1) is 0 Å². The Morgan fingerprint density at radius 3 is 2.29 bits per heavy atom. The first-order valence-electron chi connectivity index (χ1n) is 6.05. The molecule has 120 valence electrons. The van der Waals surface area contributed by atoms with Crippen molar-refractivity contribution >= 4 is 15.7 Å². The molecule has 2 N–H and O–H groups in total. The Hall–Kier alpha value is -1.35. The van der Waals surface area contributed by atoms with Crippen LogP contribution in [0.15, 0.2) is 23.1 Å². The Morgan fingerprint density at radius 1 is 1.29 bits per heavy atom. The predicted molar refractivity (Wildman–Crippen MR) is 70.5 cm³/mol. The van der Waals surface area contributed by atoms with Gasteiger partial charge < -0.3 is 5.73 Å². The Morgan fingerprint density at radius 2 is 1.86 bits per heavy atom. The third-order valence-electron chi connectivity index (χ3n) is 2.53. The highest BCUT2D eigenvalue weighted by molar-refractivity contribution is 7.89. The lowest BCUT2D eigenvalue weighted by atomic mass is 10.2. The zero-order chi connectivity index (χ0) is 16.4. The number of nitrogen functional groups attached to an aromatic ring is 1. The monoisotopic (exact) mass is 328 g/mol. The Labute approximate surface area is 120 Å². The summed E-state index contributed by atoms with van der Waals surface area (Å²) in [6.45, 7) is 1.22. The van der Waals surface area contributed by atoms with Gasteiger partial charge in [0.25, 0.3) is 0 Å². The van der Waals surface area contributed by atoms with Gasteiger partial charge in [-0.05, 0) is 24.1 Å². The van der Waals surface area contributed by atoms with Crippen molar-refractivity contribution in [2.75, 3.05) is 18.8 Å². The molecule has 0 spiro atoms. The van der Waals surface area contributed by atoms with E-state index in [1.165, 1.54) is 0 Å². The maximum atomic E-state index is 13.3. The molecule has 1 rings (SSSR count). The van der Waals surface area contributed by atoms with Gasteiger partial charge in [0.15, 0.2) is 0 Å². The molecule has 1 aromatic carbocycles. The molecule has 0 saturated carbocycles. The van der Waals surface area contributed by atoms with Crippen LogP contribution in [0.5, 0.6) is 0 Å². The smallest absolute Gasteiger partial charge is 0.396 e. The zero-order valence-electron chi connectivity index (χ0n) is 11.5. The Bertz CT molecular complexity index is 600. The Kier molecular flexibility index (Phi) is 5.21. The first-order valence-corrected chi connectivity index (χ1v) is 7.49. The van der Waals surface area contributed by atoms with Gasteiger partial charge in [-0.25, -0.2) is 12.8 Å². The SMILES string of the molecule is CC(C)CN(CC(F)(F)F)S(=O)(=O)c1ccc(N)c(F)c1. The van der Waals surface area contributed by atoms with Crippen LogP contribution in [0.4, 0.5) is 23.2 Å². The van der Waals surface area contributed by atoms with Crippen LogP contribution < -0.4 is 5.73 Å². The molecule has 0 heterocycles.